The van der Waals surface area contributed by atoms with Gasteiger partial charge in [-0.2, -0.15) is 0 Å². The molecule has 7 heteroatoms. The van der Waals surface area contributed by atoms with Crippen molar-refractivity contribution in [1.82, 2.24) is 25.1 Å². The highest BCUT2D eigenvalue weighted by atomic mass is 16.2. The zero-order chi connectivity index (χ0) is 15.9. The van der Waals surface area contributed by atoms with Gasteiger partial charge in [-0.15, -0.1) is 0 Å². The van der Waals surface area contributed by atoms with Crippen molar-refractivity contribution in [2.45, 2.75) is 25.8 Å². The molecule has 7 nitrogen and oxygen atoms in total. The van der Waals surface area contributed by atoms with Gasteiger partial charge in [-0.25, -0.2) is 0 Å². The van der Waals surface area contributed by atoms with Crippen LogP contribution in [0.2, 0.25) is 0 Å². The Morgan fingerprint density at radius 1 is 1.27 bits per heavy atom. The largest absolute Gasteiger partial charge is 0.357 e. The van der Waals surface area contributed by atoms with E-state index in [0.717, 1.165) is 19.5 Å². The van der Waals surface area contributed by atoms with Crippen molar-refractivity contribution in [2.75, 3.05) is 33.2 Å². The molecule has 2 rings (SSSR count). The SMILES string of the molecule is CCC(=O)N1CCCN(C(C(=O)NC)c2cnccn2)CC1. The van der Waals surface area contributed by atoms with Crippen molar-refractivity contribution in [3.63, 3.8) is 0 Å². The van der Waals surface area contributed by atoms with Gasteiger partial charge in [-0.05, 0) is 6.42 Å². The van der Waals surface area contributed by atoms with Gasteiger partial charge in [0.2, 0.25) is 11.8 Å². The number of nitrogens with one attached hydrogen (secondary N) is 1. The normalized spacial score (nSPS) is 17.6. The summed E-state index contributed by atoms with van der Waals surface area (Å²) in [5.74, 6) is 0.0635. The molecule has 0 radical (unpaired) electrons. The van der Waals surface area contributed by atoms with Crippen LogP contribution in [0.1, 0.15) is 31.5 Å². The topological polar surface area (TPSA) is 78.4 Å². The summed E-state index contributed by atoms with van der Waals surface area (Å²) < 4.78 is 0. The highest BCUT2D eigenvalue weighted by Gasteiger charge is 2.30. The molecular weight excluding hydrogens is 282 g/mol. The van der Waals surface area contributed by atoms with Gasteiger partial charge in [-0.1, -0.05) is 6.92 Å². The van der Waals surface area contributed by atoms with Crippen LogP contribution in [-0.4, -0.2) is 64.8 Å². The van der Waals surface area contributed by atoms with Gasteiger partial charge in [0.05, 0.1) is 11.9 Å². The molecule has 1 unspecified atom stereocenters. The average molecular weight is 305 g/mol. The van der Waals surface area contributed by atoms with Gasteiger partial charge < -0.3 is 10.2 Å². The fourth-order valence-electron chi connectivity index (χ4n) is 2.74. The first-order valence-electron chi connectivity index (χ1n) is 7.66. The van der Waals surface area contributed by atoms with E-state index >= 15 is 0 Å². The first-order valence-corrected chi connectivity index (χ1v) is 7.66. The number of carbonyl (C=O) groups is 2. The van der Waals surface area contributed by atoms with Gasteiger partial charge in [0.15, 0.2) is 0 Å². The predicted octanol–water partition coefficient (Wildman–Crippen LogP) is 0.208. The van der Waals surface area contributed by atoms with Crippen LogP contribution in [0.15, 0.2) is 18.6 Å². The number of hydrogen-bond acceptors (Lipinski definition) is 5. The van der Waals surface area contributed by atoms with Gasteiger partial charge >= 0.3 is 0 Å². The fraction of sp³-hybridized carbons (Fsp3) is 0.600. The Labute approximate surface area is 130 Å². The lowest BCUT2D eigenvalue weighted by Crippen LogP contribution is -2.42. The first kappa shape index (κ1) is 16.4. The number of carbonyl (C=O) groups excluding carboxylic acids is 2. The standard InChI is InChI=1S/C15H23N5O2/c1-3-13(21)19-7-4-8-20(10-9-19)14(15(22)16-2)12-11-17-5-6-18-12/h5-6,11,14H,3-4,7-10H2,1-2H3,(H,16,22). The molecule has 0 bridgehead atoms. The molecule has 22 heavy (non-hydrogen) atoms. The summed E-state index contributed by atoms with van der Waals surface area (Å²) in [5.41, 5.74) is 0.636. The molecule has 2 amide bonds. The lowest BCUT2D eigenvalue weighted by Gasteiger charge is -2.28. The van der Waals surface area contributed by atoms with Gasteiger partial charge in [-0.3, -0.25) is 24.5 Å². The minimum absolute atomic E-state index is 0.101. The molecule has 1 fully saturated rings. The molecular formula is C15H23N5O2. The van der Waals surface area contributed by atoms with Gasteiger partial charge in [0, 0.05) is 52.0 Å². The second-order valence-corrected chi connectivity index (χ2v) is 5.27. The molecule has 1 aliphatic rings. The highest BCUT2D eigenvalue weighted by molar-refractivity contribution is 5.82. The Hall–Kier alpha value is -2.02. The average Bonchev–Trinajstić information content (AvgIpc) is 2.81. The summed E-state index contributed by atoms with van der Waals surface area (Å²) in [5, 5.41) is 2.70. The van der Waals surface area contributed by atoms with Crippen LogP contribution in [0, 0.1) is 0 Å². The van der Waals surface area contributed by atoms with Crippen molar-refractivity contribution in [2.24, 2.45) is 0 Å². The molecule has 1 atom stereocenters. The molecule has 1 aromatic heterocycles. The second-order valence-electron chi connectivity index (χ2n) is 5.27. The number of amides is 2. The maximum atomic E-state index is 12.3. The quantitative estimate of drug-likeness (QED) is 0.860. The van der Waals surface area contributed by atoms with E-state index in [2.05, 4.69) is 20.2 Å². The summed E-state index contributed by atoms with van der Waals surface area (Å²) in [7, 11) is 1.62. The number of likely N-dealkylation sites (N-methyl/N-ethyl adjacent to an activating group) is 1. The van der Waals surface area contributed by atoms with Crippen LogP contribution >= 0.6 is 0 Å². The fourth-order valence-corrected chi connectivity index (χ4v) is 2.74. The Morgan fingerprint density at radius 2 is 2.09 bits per heavy atom. The molecule has 2 heterocycles. The number of rotatable bonds is 4. The summed E-state index contributed by atoms with van der Waals surface area (Å²) >= 11 is 0. The van der Waals surface area contributed by atoms with Gasteiger partial charge in [0.1, 0.15) is 6.04 Å². The Bertz CT molecular complexity index is 508. The van der Waals surface area contributed by atoms with E-state index in [4.69, 9.17) is 0 Å². The smallest absolute Gasteiger partial charge is 0.243 e. The monoisotopic (exact) mass is 305 g/mol. The predicted molar refractivity (Wildman–Crippen MR) is 81.9 cm³/mol. The summed E-state index contributed by atoms with van der Waals surface area (Å²) in [6, 6.07) is -0.463. The number of hydrogen-bond donors (Lipinski definition) is 1. The Morgan fingerprint density at radius 3 is 2.73 bits per heavy atom. The maximum Gasteiger partial charge on any atom is 0.243 e. The van der Waals surface area contributed by atoms with Crippen molar-refractivity contribution < 1.29 is 9.59 Å². The van der Waals surface area contributed by atoms with E-state index in [9.17, 15) is 9.59 Å². The van der Waals surface area contributed by atoms with Crippen molar-refractivity contribution in [3.8, 4) is 0 Å². The van der Waals surface area contributed by atoms with Crippen molar-refractivity contribution >= 4 is 11.8 Å². The minimum atomic E-state index is -0.463. The van der Waals surface area contributed by atoms with Crippen LogP contribution in [0.4, 0.5) is 0 Å². The molecule has 1 N–H and O–H groups in total. The summed E-state index contributed by atoms with van der Waals surface area (Å²) in [6.07, 6.45) is 6.17. The minimum Gasteiger partial charge on any atom is -0.357 e. The number of nitrogens with zero attached hydrogens (tertiary/aromatic N) is 4. The van der Waals surface area contributed by atoms with Crippen molar-refractivity contribution in [1.29, 1.82) is 0 Å². The van der Waals surface area contributed by atoms with Gasteiger partial charge in [0.25, 0.3) is 0 Å². The van der Waals surface area contributed by atoms with Crippen LogP contribution < -0.4 is 5.32 Å². The zero-order valence-corrected chi connectivity index (χ0v) is 13.2. The first-order chi connectivity index (χ1) is 10.7. The van der Waals surface area contributed by atoms with Crippen LogP contribution in [0.3, 0.4) is 0 Å². The molecule has 0 aromatic carbocycles. The third kappa shape index (κ3) is 3.79. The van der Waals surface area contributed by atoms with E-state index in [0.29, 0.717) is 25.2 Å². The van der Waals surface area contributed by atoms with Crippen LogP contribution in [0.25, 0.3) is 0 Å². The zero-order valence-electron chi connectivity index (χ0n) is 13.2. The third-order valence-corrected chi connectivity index (χ3v) is 3.91. The Balaban J connectivity index is 2.15. The highest BCUT2D eigenvalue weighted by Crippen LogP contribution is 2.20. The molecule has 120 valence electrons. The lowest BCUT2D eigenvalue weighted by molar-refractivity contribution is -0.130. The van der Waals surface area contributed by atoms with E-state index in [-0.39, 0.29) is 11.8 Å². The van der Waals surface area contributed by atoms with E-state index in [1.807, 2.05) is 11.8 Å². The Kier molecular flexibility index (Phi) is 5.83. The molecule has 1 aromatic rings. The molecule has 0 saturated carbocycles. The van der Waals surface area contributed by atoms with Crippen molar-refractivity contribution in [3.05, 3.63) is 24.3 Å². The maximum absolute atomic E-state index is 12.3. The van der Waals surface area contributed by atoms with E-state index in [1.54, 1.807) is 25.6 Å². The molecule has 0 aliphatic carbocycles. The molecule has 0 spiro atoms. The van der Waals surface area contributed by atoms with Crippen LogP contribution in [0.5, 0.6) is 0 Å². The summed E-state index contributed by atoms with van der Waals surface area (Å²) in [6.45, 7) is 4.66. The number of aromatic nitrogens is 2. The lowest BCUT2D eigenvalue weighted by atomic mass is 10.1. The molecule has 1 aliphatic heterocycles. The van der Waals surface area contributed by atoms with E-state index < -0.39 is 6.04 Å². The second kappa shape index (κ2) is 7.84. The third-order valence-electron chi connectivity index (χ3n) is 3.91. The van der Waals surface area contributed by atoms with Crippen LogP contribution in [-0.2, 0) is 9.59 Å². The summed E-state index contributed by atoms with van der Waals surface area (Å²) in [4.78, 5) is 36.4. The van der Waals surface area contributed by atoms with E-state index in [1.165, 1.54) is 0 Å². The molecule has 1 saturated heterocycles.